The summed E-state index contributed by atoms with van der Waals surface area (Å²) in [6.07, 6.45) is 6.39. The van der Waals surface area contributed by atoms with Gasteiger partial charge >= 0.3 is 0 Å². The fourth-order valence-electron chi connectivity index (χ4n) is 3.36. The second kappa shape index (κ2) is 6.20. The number of methoxy groups -OCH3 is 1. The second-order valence-corrected chi connectivity index (χ2v) is 5.90. The molecule has 0 aromatic carbocycles. The molecular formula is C14H23N3O3. The van der Waals surface area contributed by atoms with E-state index in [2.05, 4.69) is 15.5 Å². The number of aliphatic hydroxyl groups excluding tert-OH is 1. The zero-order valence-electron chi connectivity index (χ0n) is 11.9. The number of ether oxygens (including phenoxy) is 1. The van der Waals surface area contributed by atoms with E-state index in [0.29, 0.717) is 30.6 Å². The van der Waals surface area contributed by atoms with Gasteiger partial charge in [0.05, 0.1) is 12.1 Å². The third-order valence-corrected chi connectivity index (χ3v) is 4.45. The minimum absolute atomic E-state index is 0.0323. The van der Waals surface area contributed by atoms with E-state index in [1.165, 1.54) is 32.1 Å². The number of β-amino-alcohol motifs (C(OH)–C–C–N with tert-alkyl or cyclic N) is 1. The molecule has 2 aliphatic rings. The van der Waals surface area contributed by atoms with Crippen molar-refractivity contribution in [2.24, 2.45) is 5.92 Å². The molecule has 1 aliphatic heterocycles. The van der Waals surface area contributed by atoms with Crippen LogP contribution in [0.1, 0.15) is 62.4 Å². The van der Waals surface area contributed by atoms with E-state index in [0.717, 1.165) is 0 Å². The summed E-state index contributed by atoms with van der Waals surface area (Å²) < 4.78 is 11.0. The number of rotatable bonds is 4. The molecule has 20 heavy (non-hydrogen) atoms. The first-order valence-corrected chi connectivity index (χ1v) is 7.55. The van der Waals surface area contributed by atoms with Crippen LogP contribution in [0.4, 0.5) is 0 Å². The molecule has 0 amide bonds. The number of hydrogen-bond acceptors (Lipinski definition) is 6. The Kier molecular flexibility index (Phi) is 4.33. The lowest BCUT2D eigenvalue weighted by atomic mass is 9.85. The Morgan fingerprint density at radius 2 is 2.15 bits per heavy atom. The fourth-order valence-corrected chi connectivity index (χ4v) is 3.36. The Morgan fingerprint density at radius 3 is 2.80 bits per heavy atom. The molecule has 6 heteroatoms. The molecule has 1 saturated carbocycles. The van der Waals surface area contributed by atoms with E-state index >= 15 is 0 Å². The van der Waals surface area contributed by atoms with Crippen LogP contribution in [0, 0.1) is 5.92 Å². The van der Waals surface area contributed by atoms with Crippen molar-refractivity contribution in [3.8, 4) is 0 Å². The Labute approximate surface area is 118 Å². The van der Waals surface area contributed by atoms with E-state index in [1.807, 2.05) is 0 Å². The average molecular weight is 281 g/mol. The summed E-state index contributed by atoms with van der Waals surface area (Å²) in [5, 5.41) is 16.8. The molecule has 112 valence electrons. The lowest BCUT2D eigenvalue weighted by Crippen LogP contribution is -2.19. The van der Waals surface area contributed by atoms with Crippen LogP contribution < -0.4 is 5.32 Å². The minimum atomic E-state index is -0.327. The van der Waals surface area contributed by atoms with Crippen molar-refractivity contribution in [2.45, 2.75) is 56.8 Å². The molecule has 2 fully saturated rings. The van der Waals surface area contributed by atoms with Gasteiger partial charge < -0.3 is 19.7 Å². The highest BCUT2D eigenvalue weighted by Crippen LogP contribution is 2.35. The smallest absolute Gasteiger partial charge is 0.243 e. The first-order chi connectivity index (χ1) is 9.78. The van der Waals surface area contributed by atoms with Crippen molar-refractivity contribution in [1.82, 2.24) is 15.5 Å². The van der Waals surface area contributed by atoms with E-state index < -0.39 is 0 Å². The third kappa shape index (κ3) is 2.87. The van der Waals surface area contributed by atoms with Crippen LogP contribution in [0.25, 0.3) is 0 Å². The summed E-state index contributed by atoms with van der Waals surface area (Å²) in [6.45, 7) is 0.582. The average Bonchev–Trinajstić information content (AvgIpc) is 3.10. The molecule has 1 unspecified atom stereocenters. The predicted molar refractivity (Wildman–Crippen MR) is 72.0 cm³/mol. The zero-order valence-corrected chi connectivity index (χ0v) is 11.9. The molecule has 0 bridgehead atoms. The van der Waals surface area contributed by atoms with E-state index in [4.69, 9.17) is 9.26 Å². The molecule has 0 spiro atoms. The van der Waals surface area contributed by atoms with Crippen LogP contribution in [0.2, 0.25) is 0 Å². The van der Waals surface area contributed by atoms with Gasteiger partial charge in [0.15, 0.2) is 0 Å². The number of nitrogens with one attached hydrogen (secondary N) is 1. The van der Waals surface area contributed by atoms with E-state index in [9.17, 15) is 5.11 Å². The van der Waals surface area contributed by atoms with Gasteiger partial charge in [-0.15, -0.1) is 0 Å². The number of aliphatic hydroxyl groups is 1. The molecule has 3 rings (SSSR count). The van der Waals surface area contributed by atoms with Crippen LogP contribution >= 0.6 is 0 Å². The lowest BCUT2D eigenvalue weighted by Gasteiger charge is -2.26. The third-order valence-electron chi connectivity index (χ3n) is 4.45. The SMILES string of the molecule is COC(c1noc([C@H]2C[C@H](O)CN2)n1)C1CCCCC1. The minimum Gasteiger partial charge on any atom is -0.392 e. The molecule has 1 saturated heterocycles. The summed E-state index contributed by atoms with van der Waals surface area (Å²) in [5.74, 6) is 1.70. The zero-order chi connectivity index (χ0) is 13.9. The highest BCUT2D eigenvalue weighted by molar-refractivity contribution is 5.00. The molecule has 6 nitrogen and oxygen atoms in total. The van der Waals surface area contributed by atoms with Crippen LogP contribution in [0.15, 0.2) is 4.52 Å². The first kappa shape index (κ1) is 14.0. The van der Waals surface area contributed by atoms with Crippen molar-refractivity contribution < 1.29 is 14.4 Å². The van der Waals surface area contributed by atoms with Gasteiger partial charge in [-0.1, -0.05) is 24.4 Å². The summed E-state index contributed by atoms with van der Waals surface area (Å²) in [6, 6.07) is -0.0323. The molecule has 1 aliphatic carbocycles. The summed E-state index contributed by atoms with van der Waals surface area (Å²) in [4.78, 5) is 4.50. The van der Waals surface area contributed by atoms with Gasteiger partial charge in [-0.3, -0.25) is 0 Å². The van der Waals surface area contributed by atoms with Gasteiger partial charge in [-0.2, -0.15) is 4.98 Å². The van der Waals surface area contributed by atoms with Crippen LogP contribution in [-0.4, -0.2) is 35.0 Å². The summed E-state index contributed by atoms with van der Waals surface area (Å²) in [5.41, 5.74) is 0. The summed E-state index contributed by atoms with van der Waals surface area (Å²) in [7, 11) is 1.72. The highest BCUT2D eigenvalue weighted by atomic mass is 16.5. The number of aromatic nitrogens is 2. The van der Waals surface area contributed by atoms with Crippen LogP contribution in [0.5, 0.6) is 0 Å². The van der Waals surface area contributed by atoms with Gasteiger partial charge in [0.2, 0.25) is 11.7 Å². The molecule has 3 atom stereocenters. The predicted octanol–water partition coefficient (Wildman–Crippen LogP) is 1.73. The molecule has 2 N–H and O–H groups in total. The van der Waals surface area contributed by atoms with Crippen molar-refractivity contribution in [3.63, 3.8) is 0 Å². The molecular weight excluding hydrogens is 258 g/mol. The maximum Gasteiger partial charge on any atom is 0.243 e. The van der Waals surface area contributed by atoms with Gasteiger partial charge in [0.1, 0.15) is 6.10 Å². The molecule has 1 aromatic rings. The van der Waals surface area contributed by atoms with Gasteiger partial charge in [0, 0.05) is 13.7 Å². The fraction of sp³-hybridized carbons (Fsp3) is 0.857. The molecule has 2 heterocycles. The van der Waals surface area contributed by atoms with Crippen LogP contribution in [-0.2, 0) is 4.74 Å². The monoisotopic (exact) mass is 281 g/mol. The largest absolute Gasteiger partial charge is 0.392 e. The van der Waals surface area contributed by atoms with Crippen molar-refractivity contribution in [1.29, 1.82) is 0 Å². The van der Waals surface area contributed by atoms with Crippen molar-refractivity contribution in [2.75, 3.05) is 13.7 Å². The highest BCUT2D eigenvalue weighted by Gasteiger charge is 2.32. The van der Waals surface area contributed by atoms with E-state index in [1.54, 1.807) is 7.11 Å². The van der Waals surface area contributed by atoms with Gasteiger partial charge in [0.25, 0.3) is 0 Å². The topological polar surface area (TPSA) is 80.4 Å². The Balaban J connectivity index is 1.70. The van der Waals surface area contributed by atoms with Gasteiger partial charge in [-0.05, 0) is 25.2 Å². The maximum absolute atomic E-state index is 9.55. The molecule has 0 radical (unpaired) electrons. The molecule has 1 aromatic heterocycles. The van der Waals surface area contributed by atoms with E-state index in [-0.39, 0.29) is 18.2 Å². The number of nitrogens with zero attached hydrogens (tertiary/aromatic N) is 2. The standard InChI is InChI=1S/C14H23N3O3/c1-19-12(9-5-3-2-4-6-9)13-16-14(20-17-13)11-7-10(18)8-15-11/h9-12,15,18H,2-8H2,1H3/t10-,11+,12?/m0/s1. The quantitative estimate of drug-likeness (QED) is 0.875. The number of hydrogen-bond donors (Lipinski definition) is 2. The van der Waals surface area contributed by atoms with Gasteiger partial charge in [-0.25, -0.2) is 0 Å². The maximum atomic E-state index is 9.55. The lowest BCUT2D eigenvalue weighted by molar-refractivity contribution is 0.0273. The van der Waals surface area contributed by atoms with Crippen molar-refractivity contribution in [3.05, 3.63) is 11.7 Å². The normalized spacial score (nSPS) is 29.7. The second-order valence-electron chi connectivity index (χ2n) is 5.90. The first-order valence-electron chi connectivity index (χ1n) is 7.55. The Hall–Kier alpha value is -0.980. The Morgan fingerprint density at radius 1 is 1.35 bits per heavy atom. The Bertz CT molecular complexity index is 431. The van der Waals surface area contributed by atoms with Crippen molar-refractivity contribution >= 4 is 0 Å². The summed E-state index contributed by atoms with van der Waals surface area (Å²) >= 11 is 0. The van der Waals surface area contributed by atoms with Crippen LogP contribution in [0.3, 0.4) is 0 Å².